The first kappa shape index (κ1) is 16.2. The summed E-state index contributed by atoms with van der Waals surface area (Å²) in [6, 6.07) is 3.22. The normalized spacial score (nSPS) is 11.6. The molecular weight excluding hydrogens is 330 g/mol. The monoisotopic (exact) mass is 345 g/mol. The Balaban J connectivity index is 2.44. The number of thiazole rings is 1. The molecule has 0 fully saturated rings. The van der Waals surface area contributed by atoms with Gasteiger partial charge in [0.1, 0.15) is 0 Å². The maximum absolute atomic E-state index is 12.5. The average molecular weight is 346 g/mol. The van der Waals surface area contributed by atoms with Crippen LogP contribution >= 0.6 is 22.9 Å². The van der Waals surface area contributed by atoms with Gasteiger partial charge in [0, 0.05) is 22.6 Å². The molecule has 0 radical (unpaired) electrons. The molecule has 0 aliphatic rings. The lowest BCUT2D eigenvalue weighted by Gasteiger charge is -2.13. The van der Waals surface area contributed by atoms with Gasteiger partial charge in [0.25, 0.3) is 10.0 Å². The van der Waals surface area contributed by atoms with E-state index in [2.05, 4.69) is 15.0 Å². The van der Waals surface area contributed by atoms with Gasteiger partial charge in [-0.2, -0.15) is 0 Å². The molecule has 1 heterocycles. The topological polar surface area (TPSA) is 71.1 Å². The van der Waals surface area contributed by atoms with E-state index >= 15 is 0 Å². The van der Waals surface area contributed by atoms with Crippen molar-refractivity contribution in [2.75, 3.05) is 11.8 Å². The van der Waals surface area contributed by atoms with Gasteiger partial charge in [0.2, 0.25) is 0 Å². The van der Waals surface area contributed by atoms with E-state index in [1.165, 1.54) is 17.4 Å². The number of aromatic nitrogens is 1. The summed E-state index contributed by atoms with van der Waals surface area (Å²) in [4.78, 5) is 5.13. The van der Waals surface area contributed by atoms with Crippen LogP contribution in [0.5, 0.6) is 0 Å². The highest BCUT2D eigenvalue weighted by Crippen LogP contribution is 2.27. The predicted molar refractivity (Wildman–Crippen MR) is 86.6 cm³/mol. The third-order valence-electron chi connectivity index (χ3n) is 2.93. The minimum Gasteiger partial charge on any atom is -0.316 e. The van der Waals surface area contributed by atoms with Gasteiger partial charge in [-0.15, -0.1) is 11.3 Å². The highest BCUT2D eigenvalue weighted by molar-refractivity contribution is 7.93. The lowest BCUT2D eigenvalue weighted by Crippen LogP contribution is -2.16. The molecule has 2 rings (SSSR count). The van der Waals surface area contributed by atoms with Crippen LogP contribution < -0.4 is 10.0 Å². The minimum absolute atomic E-state index is 0.174. The second kappa shape index (κ2) is 6.31. The van der Waals surface area contributed by atoms with Crippen molar-refractivity contribution in [1.29, 1.82) is 0 Å². The predicted octanol–water partition coefficient (Wildman–Crippen LogP) is 2.93. The number of sulfonamides is 1. The fraction of sp³-hybridized carbons (Fsp3) is 0.308. The summed E-state index contributed by atoms with van der Waals surface area (Å²) in [5.41, 5.74) is 1.52. The number of nitrogens with one attached hydrogen (secondary N) is 2. The van der Waals surface area contributed by atoms with Crippen LogP contribution in [0.4, 0.5) is 5.13 Å². The number of anilines is 1. The van der Waals surface area contributed by atoms with Gasteiger partial charge < -0.3 is 5.32 Å². The molecule has 21 heavy (non-hydrogen) atoms. The third kappa shape index (κ3) is 3.74. The van der Waals surface area contributed by atoms with E-state index in [1.807, 2.05) is 6.92 Å². The zero-order valence-electron chi connectivity index (χ0n) is 11.9. The molecule has 0 aliphatic carbocycles. The molecule has 0 saturated heterocycles. The number of halogens is 1. The van der Waals surface area contributed by atoms with Crippen LogP contribution in [0.1, 0.15) is 16.0 Å². The van der Waals surface area contributed by atoms with Gasteiger partial charge in [-0.25, -0.2) is 13.4 Å². The summed E-state index contributed by atoms with van der Waals surface area (Å²) in [7, 11) is -1.91. The standard InChI is InChI=1S/C13H16ClN3O2S2/c1-8-6-16-13(20-8)17-21(18,19)12-5-11(14)4-10(7-15-3)9(12)2/h4-6,15H,7H2,1-3H3,(H,16,17). The molecule has 0 spiro atoms. The SMILES string of the molecule is CNCc1cc(Cl)cc(S(=O)(=O)Nc2ncc(C)s2)c1C. The number of nitrogens with zero attached hydrogens (tertiary/aromatic N) is 1. The summed E-state index contributed by atoms with van der Waals surface area (Å²) in [5, 5.41) is 3.74. The fourth-order valence-electron chi connectivity index (χ4n) is 1.93. The highest BCUT2D eigenvalue weighted by atomic mass is 35.5. The molecule has 0 amide bonds. The zero-order chi connectivity index (χ0) is 15.6. The van der Waals surface area contributed by atoms with Crippen LogP contribution in [0.3, 0.4) is 0 Å². The van der Waals surface area contributed by atoms with Crippen molar-refractivity contribution in [3.8, 4) is 0 Å². The Hall–Kier alpha value is -1.15. The number of rotatable bonds is 5. The van der Waals surface area contributed by atoms with Crippen LogP contribution in [0.15, 0.2) is 23.2 Å². The van der Waals surface area contributed by atoms with Crippen molar-refractivity contribution in [2.45, 2.75) is 25.3 Å². The van der Waals surface area contributed by atoms with Crippen molar-refractivity contribution in [3.05, 3.63) is 39.4 Å². The number of aryl methyl sites for hydroxylation is 1. The highest BCUT2D eigenvalue weighted by Gasteiger charge is 2.21. The Bertz CT molecular complexity index is 757. The van der Waals surface area contributed by atoms with Crippen molar-refractivity contribution < 1.29 is 8.42 Å². The number of benzene rings is 1. The molecule has 1 aromatic heterocycles. The number of hydrogen-bond acceptors (Lipinski definition) is 5. The van der Waals surface area contributed by atoms with E-state index in [9.17, 15) is 8.42 Å². The van der Waals surface area contributed by atoms with Crippen molar-refractivity contribution >= 4 is 38.1 Å². The zero-order valence-corrected chi connectivity index (χ0v) is 14.3. The van der Waals surface area contributed by atoms with Crippen LogP contribution in [0, 0.1) is 13.8 Å². The molecule has 2 N–H and O–H groups in total. The summed E-state index contributed by atoms with van der Waals surface area (Å²) >= 11 is 7.32. The Morgan fingerprint density at radius 1 is 1.33 bits per heavy atom. The smallest absolute Gasteiger partial charge is 0.263 e. The Kier molecular flexibility index (Phi) is 4.88. The first-order valence-corrected chi connectivity index (χ1v) is 8.90. The lowest BCUT2D eigenvalue weighted by molar-refractivity contribution is 0.600. The molecule has 0 unspecified atom stereocenters. The van der Waals surface area contributed by atoms with Crippen LogP contribution in [0.25, 0.3) is 0 Å². The minimum atomic E-state index is -3.71. The largest absolute Gasteiger partial charge is 0.316 e. The van der Waals surface area contributed by atoms with Gasteiger partial charge in [-0.3, -0.25) is 4.72 Å². The fourth-order valence-corrected chi connectivity index (χ4v) is 4.46. The van der Waals surface area contributed by atoms with E-state index < -0.39 is 10.0 Å². The Labute approximate surface area is 133 Å². The average Bonchev–Trinajstić information content (AvgIpc) is 2.78. The summed E-state index contributed by atoms with van der Waals surface area (Å²) in [6.07, 6.45) is 1.62. The molecule has 5 nitrogen and oxygen atoms in total. The van der Waals surface area contributed by atoms with Crippen molar-refractivity contribution in [3.63, 3.8) is 0 Å². The Morgan fingerprint density at radius 2 is 2.05 bits per heavy atom. The van der Waals surface area contributed by atoms with Crippen LogP contribution in [0.2, 0.25) is 5.02 Å². The Morgan fingerprint density at radius 3 is 2.62 bits per heavy atom. The molecule has 0 saturated carbocycles. The lowest BCUT2D eigenvalue weighted by atomic mass is 10.1. The first-order chi connectivity index (χ1) is 9.83. The quantitative estimate of drug-likeness (QED) is 0.874. The van der Waals surface area contributed by atoms with Crippen molar-refractivity contribution in [1.82, 2.24) is 10.3 Å². The molecule has 1 aromatic carbocycles. The van der Waals surface area contributed by atoms with E-state index in [0.29, 0.717) is 22.3 Å². The molecule has 8 heteroatoms. The van der Waals surface area contributed by atoms with Crippen LogP contribution in [-0.2, 0) is 16.6 Å². The van der Waals surface area contributed by atoms with Gasteiger partial charge in [0.05, 0.1) is 4.90 Å². The number of hydrogen-bond donors (Lipinski definition) is 2. The molecule has 0 bridgehead atoms. The van der Waals surface area contributed by atoms with E-state index in [1.54, 1.807) is 26.2 Å². The van der Waals surface area contributed by atoms with Gasteiger partial charge in [-0.1, -0.05) is 11.6 Å². The molecule has 114 valence electrons. The van der Waals surface area contributed by atoms with Crippen LogP contribution in [-0.4, -0.2) is 20.4 Å². The van der Waals surface area contributed by atoms with Gasteiger partial charge >= 0.3 is 0 Å². The third-order valence-corrected chi connectivity index (χ3v) is 5.57. The maximum atomic E-state index is 12.5. The maximum Gasteiger partial charge on any atom is 0.263 e. The summed E-state index contributed by atoms with van der Waals surface area (Å²) in [6.45, 7) is 4.18. The second-order valence-corrected chi connectivity index (χ2v) is 7.92. The van der Waals surface area contributed by atoms with Crippen molar-refractivity contribution in [2.24, 2.45) is 0 Å². The van der Waals surface area contributed by atoms with E-state index in [0.717, 1.165) is 10.4 Å². The van der Waals surface area contributed by atoms with Gasteiger partial charge in [-0.05, 0) is 44.2 Å². The van der Waals surface area contributed by atoms with E-state index in [-0.39, 0.29) is 4.90 Å². The molecule has 2 aromatic rings. The summed E-state index contributed by atoms with van der Waals surface area (Å²) < 4.78 is 27.5. The molecular formula is C13H16ClN3O2S2. The summed E-state index contributed by atoms with van der Waals surface area (Å²) in [5.74, 6) is 0. The van der Waals surface area contributed by atoms with E-state index in [4.69, 9.17) is 11.6 Å². The first-order valence-electron chi connectivity index (χ1n) is 6.22. The van der Waals surface area contributed by atoms with Gasteiger partial charge in [0.15, 0.2) is 5.13 Å². The second-order valence-electron chi connectivity index (χ2n) is 4.60. The molecule has 0 atom stereocenters. The molecule has 0 aliphatic heterocycles.